The monoisotopic (exact) mass is 329 g/mol. The molecular formula is C15H24ClN3O3. The zero-order valence-electron chi connectivity index (χ0n) is 12.8. The number of nitrogens with zero attached hydrogens (tertiary/aromatic N) is 1. The van der Waals surface area contributed by atoms with E-state index in [0.717, 1.165) is 25.0 Å². The van der Waals surface area contributed by atoms with E-state index in [1.165, 1.54) is 0 Å². The molecular weight excluding hydrogens is 306 g/mol. The number of furan rings is 1. The smallest absolute Gasteiger partial charge is 0.289 e. The van der Waals surface area contributed by atoms with Crippen LogP contribution in [0.3, 0.4) is 0 Å². The highest BCUT2D eigenvalue weighted by molar-refractivity contribution is 5.92. The fourth-order valence-corrected chi connectivity index (χ4v) is 2.62. The van der Waals surface area contributed by atoms with Crippen molar-refractivity contribution in [2.75, 3.05) is 19.6 Å². The third-order valence-electron chi connectivity index (χ3n) is 3.75. The minimum Gasteiger partial charge on any atom is -0.456 e. The molecule has 3 N–H and O–H groups in total. The number of piperidine rings is 1. The highest BCUT2D eigenvalue weighted by Crippen LogP contribution is 2.20. The Balaban J connectivity index is 0.00000242. The Morgan fingerprint density at radius 1 is 1.41 bits per heavy atom. The fraction of sp³-hybridized carbons (Fsp3) is 0.600. The van der Waals surface area contributed by atoms with E-state index in [4.69, 9.17) is 10.2 Å². The molecule has 1 fully saturated rings. The van der Waals surface area contributed by atoms with Crippen LogP contribution >= 0.6 is 12.4 Å². The molecule has 2 heterocycles. The Labute approximate surface area is 136 Å². The van der Waals surface area contributed by atoms with Crippen LogP contribution in [0.1, 0.15) is 42.0 Å². The lowest BCUT2D eigenvalue weighted by Gasteiger charge is -2.35. The van der Waals surface area contributed by atoms with Gasteiger partial charge in [0.2, 0.25) is 5.91 Å². The van der Waals surface area contributed by atoms with Crippen molar-refractivity contribution in [2.45, 2.75) is 38.6 Å². The number of aryl methyl sites for hydroxylation is 1. The standard InChI is InChI=1S/C15H23N3O3.ClH/c1-11-5-6-13(21-11)15(20)18-9-3-2-4-12(18)10-17-14(19)7-8-16;/h5-6,12H,2-4,7-10,16H2,1H3,(H,17,19);1H. The van der Waals surface area contributed by atoms with Gasteiger partial charge >= 0.3 is 0 Å². The molecule has 0 aliphatic carbocycles. The van der Waals surface area contributed by atoms with Crippen LogP contribution in [0.15, 0.2) is 16.5 Å². The molecule has 6 nitrogen and oxygen atoms in total. The molecule has 124 valence electrons. The lowest BCUT2D eigenvalue weighted by Crippen LogP contribution is -2.49. The molecule has 1 saturated heterocycles. The van der Waals surface area contributed by atoms with Gasteiger partial charge in [-0.15, -0.1) is 12.4 Å². The molecule has 0 bridgehead atoms. The molecule has 1 atom stereocenters. The Hall–Kier alpha value is -1.53. The van der Waals surface area contributed by atoms with Crippen LogP contribution in [-0.4, -0.2) is 42.4 Å². The van der Waals surface area contributed by atoms with Crippen LogP contribution in [0.2, 0.25) is 0 Å². The summed E-state index contributed by atoms with van der Waals surface area (Å²) in [5, 5.41) is 2.85. The second-order valence-electron chi connectivity index (χ2n) is 5.40. The molecule has 1 aliphatic rings. The summed E-state index contributed by atoms with van der Waals surface area (Å²) in [7, 11) is 0. The highest BCUT2D eigenvalue weighted by atomic mass is 35.5. The van der Waals surface area contributed by atoms with Crippen LogP contribution in [0.4, 0.5) is 0 Å². The van der Waals surface area contributed by atoms with E-state index in [-0.39, 0.29) is 30.3 Å². The van der Waals surface area contributed by atoms with Gasteiger partial charge in [-0.1, -0.05) is 0 Å². The summed E-state index contributed by atoms with van der Waals surface area (Å²) in [6.07, 6.45) is 3.27. The maximum atomic E-state index is 12.5. The summed E-state index contributed by atoms with van der Waals surface area (Å²) < 4.78 is 5.42. The quantitative estimate of drug-likeness (QED) is 0.856. The van der Waals surface area contributed by atoms with Crippen molar-refractivity contribution in [2.24, 2.45) is 5.73 Å². The molecule has 0 radical (unpaired) electrons. The first-order valence-electron chi connectivity index (χ1n) is 7.46. The lowest BCUT2D eigenvalue weighted by molar-refractivity contribution is -0.121. The largest absolute Gasteiger partial charge is 0.456 e. The molecule has 1 unspecified atom stereocenters. The average Bonchev–Trinajstić information content (AvgIpc) is 2.91. The van der Waals surface area contributed by atoms with Crippen molar-refractivity contribution in [1.29, 1.82) is 0 Å². The Morgan fingerprint density at radius 2 is 2.18 bits per heavy atom. The highest BCUT2D eigenvalue weighted by Gasteiger charge is 2.29. The minimum absolute atomic E-state index is 0. The fourth-order valence-electron chi connectivity index (χ4n) is 2.62. The lowest BCUT2D eigenvalue weighted by atomic mass is 10.0. The number of rotatable bonds is 5. The van der Waals surface area contributed by atoms with Crippen molar-refractivity contribution >= 4 is 24.2 Å². The zero-order valence-corrected chi connectivity index (χ0v) is 13.7. The van der Waals surface area contributed by atoms with Gasteiger partial charge in [0.25, 0.3) is 5.91 Å². The number of nitrogens with two attached hydrogens (primary N) is 1. The van der Waals surface area contributed by atoms with E-state index >= 15 is 0 Å². The van der Waals surface area contributed by atoms with Crippen LogP contribution in [0.25, 0.3) is 0 Å². The number of hydrogen-bond donors (Lipinski definition) is 2. The Bertz CT molecular complexity index is 504. The summed E-state index contributed by atoms with van der Waals surface area (Å²) >= 11 is 0. The average molecular weight is 330 g/mol. The van der Waals surface area contributed by atoms with E-state index in [1.807, 2.05) is 11.8 Å². The number of carbonyl (C=O) groups excluding carboxylic acids is 2. The molecule has 22 heavy (non-hydrogen) atoms. The van der Waals surface area contributed by atoms with Gasteiger partial charge in [0.15, 0.2) is 5.76 Å². The number of hydrogen-bond acceptors (Lipinski definition) is 4. The van der Waals surface area contributed by atoms with Gasteiger partial charge < -0.3 is 20.4 Å². The summed E-state index contributed by atoms with van der Waals surface area (Å²) in [4.78, 5) is 25.8. The van der Waals surface area contributed by atoms with Gasteiger partial charge in [0.1, 0.15) is 5.76 Å². The van der Waals surface area contributed by atoms with E-state index in [1.54, 1.807) is 12.1 Å². The predicted octanol–water partition coefficient (Wildman–Crippen LogP) is 1.47. The van der Waals surface area contributed by atoms with Gasteiger partial charge in [-0.2, -0.15) is 0 Å². The maximum absolute atomic E-state index is 12.5. The summed E-state index contributed by atoms with van der Waals surface area (Å²) in [6, 6.07) is 3.52. The van der Waals surface area contributed by atoms with Crippen molar-refractivity contribution in [3.05, 3.63) is 23.7 Å². The molecule has 0 saturated carbocycles. The van der Waals surface area contributed by atoms with Crippen LogP contribution in [0, 0.1) is 6.92 Å². The van der Waals surface area contributed by atoms with E-state index < -0.39 is 0 Å². The molecule has 1 aromatic heterocycles. The summed E-state index contributed by atoms with van der Waals surface area (Å²) in [5.74, 6) is 0.932. The number of nitrogens with one attached hydrogen (secondary N) is 1. The predicted molar refractivity (Wildman–Crippen MR) is 86.0 cm³/mol. The molecule has 7 heteroatoms. The Morgan fingerprint density at radius 3 is 2.82 bits per heavy atom. The van der Waals surface area contributed by atoms with Gasteiger partial charge in [-0.05, 0) is 38.3 Å². The molecule has 2 rings (SSSR count). The normalized spacial score (nSPS) is 17.7. The van der Waals surface area contributed by atoms with E-state index in [2.05, 4.69) is 5.32 Å². The third-order valence-corrected chi connectivity index (χ3v) is 3.75. The van der Waals surface area contributed by atoms with Crippen molar-refractivity contribution in [1.82, 2.24) is 10.2 Å². The maximum Gasteiger partial charge on any atom is 0.289 e. The summed E-state index contributed by atoms with van der Waals surface area (Å²) in [5.41, 5.74) is 5.35. The van der Waals surface area contributed by atoms with Crippen molar-refractivity contribution < 1.29 is 14.0 Å². The second kappa shape index (κ2) is 8.80. The van der Waals surface area contributed by atoms with E-state index in [0.29, 0.717) is 31.8 Å². The van der Waals surface area contributed by atoms with Gasteiger partial charge in [-0.3, -0.25) is 9.59 Å². The molecule has 2 amide bonds. The molecule has 0 aromatic carbocycles. The number of halogens is 1. The number of amides is 2. The number of likely N-dealkylation sites (tertiary alicyclic amines) is 1. The van der Waals surface area contributed by atoms with Gasteiger partial charge in [0.05, 0.1) is 0 Å². The van der Waals surface area contributed by atoms with E-state index in [9.17, 15) is 9.59 Å². The van der Waals surface area contributed by atoms with Gasteiger partial charge in [-0.25, -0.2) is 0 Å². The third kappa shape index (κ3) is 4.74. The SMILES string of the molecule is Cc1ccc(C(=O)N2CCCCC2CNC(=O)CCN)o1.Cl. The minimum atomic E-state index is -0.0964. The van der Waals surface area contributed by atoms with Crippen LogP contribution in [0.5, 0.6) is 0 Å². The number of carbonyl (C=O) groups is 2. The topological polar surface area (TPSA) is 88.6 Å². The first kappa shape index (κ1) is 18.5. The van der Waals surface area contributed by atoms with Gasteiger partial charge in [0, 0.05) is 32.1 Å². The van der Waals surface area contributed by atoms with Crippen LogP contribution in [-0.2, 0) is 4.79 Å². The van der Waals surface area contributed by atoms with Crippen LogP contribution < -0.4 is 11.1 Å². The first-order valence-corrected chi connectivity index (χ1v) is 7.46. The molecule has 1 aromatic rings. The molecule has 1 aliphatic heterocycles. The molecule has 0 spiro atoms. The van der Waals surface area contributed by atoms with Crippen molar-refractivity contribution in [3.8, 4) is 0 Å². The summed E-state index contributed by atoms with van der Waals surface area (Å²) in [6.45, 7) is 3.34. The first-order chi connectivity index (χ1) is 10.1. The van der Waals surface area contributed by atoms with Crippen molar-refractivity contribution in [3.63, 3.8) is 0 Å². The Kier molecular flexibility index (Phi) is 7.41. The zero-order chi connectivity index (χ0) is 15.2. The second-order valence-corrected chi connectivity index (χ2v) is 5.40.